The van der Waals surface area contributed by atoms with Crippen LogP contribution in [0, 0.1) is 6.92 Å². The Hall–Kier alpha value is -1.71. The minimum absolute atomic E-state index is 0.0317. The molecular weight excluding hydrogens is 302 g/mol. The zero-order chi connectivity index (χ0) is 14.9. The maximum atomic E-state index is 12.0. The molecule has 20 heavy (non-hydrogen) atoms. The SMILES string of the molecule is Cc1nc(CNS(=O)(=O)c2ccn(C)c2)sc1C(=O)O. The van der Waals surface area contributed by atoms with E-state index >= 15 is 0 Å². The van der Waals surface area contributed by atoms with E-state index in [-0.39, 0.29) is 16.3 Å². The lowest BCUT2D eigenvalue weighted by atomic mass is 10.4. The van der Waals surface area contributed by atoms with Gasteiger partial charge < -0.3 is 9.67 Å². The number of thiazole rings is 1. The average molecular weight is 315 g/mol. The predicted molar refractivity (Wildman–Crippen MR) is 73.2 cm³/mol. The molecule has 2 aromatic rings. The number of sulfonamides is 1. The van der Waals surface area contributed by atoms with Gasteiger partial charge in [-0.05, 0) is 13.0 Å². The normalized spacial score (nSPS) is 11.7. The molecule has 0 fully saturated rings. The second-order valence-corrected chi connectivity index (χ2v) is 7.02. The Labute approximate surface area is 119 Å². The number of nitrogens with one attached hydrogen (secondary N) is 1. The van der Waals surface area contributed by atoms with Crippen LogP contribution in [-0.4, -0.2) is 29.0 Å². The fourth-order valence-electron chi connectivity index (χ4n) is 1.60. The molecule has 2 heterocycles. The molecule has 7 nitrogen and oxygen atoms in total. The van der Waals surface area contributed by atoms with Crippen molar-refractivity contribution in [2.45, 2.75) is 18.4 Å². The van der Waals surface area contributed by atoms with Crippen molar-refractivity contribution >= 4 is 27.3 Å². The Bertz CT molecular complexity index is 746. The molecule has 0 spiro atoms. The Balaban J connectivity index is 2.12. The molecule has 0 saturated heterocycles. The van der Waals surface area contributed by atoms with Gasteiger partial charge in [0.05, 0.1) is 17.1 Å². The Kier molecular flexibility index (Phi) is 3.93. The second-order valence-electron chi connectivity index (χ2n) is 4.16. The van der Waals surface area contributed by atoms with E-state index in [1.165, 1.54) is 12.3 Å². The number of carboxylic acids is 1. The Morgan fingerprint density at radius 1 is 1.55 bits per heavy atom. The first-order valence-electron chi connectivity index (χ1n) is 5.61. The molecule has 0 bridgehead atoms. The van der Waals surface area contributed by atoms with Crippen molar-refractivity contribution in [1.29, 1.82) is 0 Å². The summed E-state index contributed by atoms with van der Waals surface area (Å²) in [5.74, 6) is -1.06. The van der Waals surface area contributed by atoms with Crippen molar-refractivity contribution in [3.05, 3.63) is 34.0 Å². The number of nitrogens with zero attached hydrogens (tertiary/aromatic N) is 2. The summed E-state index contributed by atoms with van der Waals surface area (Å²) in [5, 5.41) is 9.33. The van der Waals surface area contributed by atoms with Crippen LogP contribution in [0.2, 0.25) is 0 Å². The van der Waals surface area contributed by atoms with Gasteiger partial charge in [-0.25, -0.2) is 22.9 Å². The number of carbonyl (C=O) groups is 1. The summed E-state index contributed by atoms with van der Waals surface area (Å²) in [6, 6.07) is 1.48. The molecule has 0 aliphatic carbocycles. The molecule has 0 aliphatic heterocycles. The monoisotopic (exact) mass is 315 g/mol. The smallest absolute Gasteiger partial charge is 0.347 e. The third-order valence-corrected chi connectivity index (χ3v) is 5.10. The van der Waals surface area contributed by atoms with Gasteiger partial charge in [0.25, 0.3) is 0 Å². The van der Waals surface area contributed by atoms with Gasteiger partial charge in [0.2, 0.25) is 10.0 Å². The van der Waals surface area contributed by atoms with E-state index in [2.05, 4.69) is 9.71 Å². The van der Waals surface area contributed by atoms with E-state index in [1.807, 2.05) is 0 Å². The number of aromatic carboxylic acids is 1. The average Bonchev–Trinajstić information content (AvgIpc) is 2.93. The van der Waals surface area contributed by atoms with Crippen LogP contribution >= 0.6 is 11.3 Å². The number of aryl methyl sites for hydroxylation is 2. The summed E-state index contributed by atoms with van der Waals surface area (Å²) in [7, 11) is -1.89. The van der Waals surface area contributed by atoms with E-state index in [1.54, 1.807) is 24.7 Å². The molecule has 9 heteroatoms. The van der Waals surface area contributed by atoms with Gasteiger partial charge in [-0.2, -0.15) is 0 Å². The summed E-state index contributed by atoms with van der Waals surface area (Å²) in [4.78, 5) is 15.2. The lowest BCUT2D eigenvalue weighted by Gasteiger charge is -2.02. The molecule has 108 valence electrons. The van der Waals surface area contributed by atoms with Gasteiger partial charge in [-0.3, -0.25) is 0 Å². The van der Waals surface area contributed by atoms with Crippen LogP contribution in [0.25, 0.3) is 0 Å². The topological polar surface area (TPSA) is 101 Å². The van der Waals surface area contributed by atoms with Crippen LogP contribution in [0.3, 0.4) is 0 Å². The summed E-state index contributed by atoms with van der Waals surface area (Å²) in [6.45, 7) is 1.55. The van der Waals surface area contributed by atoms with Crippen LogP contribution in [0.15, 0.2) is 23.4 Å². The fourth-order valence-corrected chi connectivity index (χ4v) is 3.58. The highest BCUT2D eigenvalue weighted by Crippen LogP contribution is 2.18. The molecule has 0 saturated carbocycles. The van der Waals surface area contributed by atoms with Crippen LogP contribution in [0.1, 0.15) is 20.4 Å². The molecule has 2 N–H and O–H groups in total. The van der Waals surface area contributed by atoms with Crippen LogP contribution in [0.4, 0.5) is 0 Å². The third kappa shape index (κ3) is 3.06. The first-order valence-corrected chi connectivity index (χ1v) is 7.91. The first-order chi connectivity index (χ1) is 9.29. The molecule has 0 aliphatic rings. The van der Waals surface area contributed by atoms with Crippen molar-refractivity contribution in [2.75, 3.05) is 0 Å². The standard InChI is InChI=1S/C11H13N3O4S2/c1-7-10(11(15)16)19-9(13-7)5-12-20(17,18)8-3-4-14(2)6-8/h3-4,6,12H,5H2,1-2H3,(H,15,16). The summed E-state index contributed by atoms with van der Waals surface area (Å²) < 4.78 is 28.0. The van der Waals surface area contributed by atoms with Crippen molar-refractivity contribution < 1.29 is 18.3 Å². The zero-order valence-corrected chi connectivity index (χ0v) is 12.5. The number of hydrogen-bond acceptors (Lipinski definition) is 5. The van der Waals surface area contributed by atoms with Crippen LogP contribution < -0.4 is 4.72 Å². The highest BCUT2D eigenvalue weighted by Gasteiger charge is 2.18. The zero-order valence-electron chi connectivity index (χ0n) is 10.8. The molecule has 0 unspecified atom stereocenters. The van der Waals surface area contributed by atoms with Crippen LogP contribution in [0.5, 0.6) is 0 Å². The minimum atomic E-state index is -3.61. The van der Waals surface area contributed by atoms with E-state index in [9.17, 15) is 13.2 Å². The largest absolute Gasteiger partial charge is 0.477 e. The second kappa shape index (κ2) is 5.35. The number of carboxylic acid groups (broad SMARTS) is 1. The number of rotatable bonds is 5. The molecule has 0 aromatic carbocycles. The van der Waals surface area contributed by atoms with Crippen molar-refractivity contribution in [3.63, 3.8) is 0 Å². The van der Waals surface area contributed by atoms with Gasteiger partial charge in [0.15, 0.2) is 0 Å². The molecular formula is C11H13N3O4S2. The first kappa shape index (κ1) is 14.7. The van der Waals surface area contributed by atoms with Crippen molar-refractivity contribution in [2.24, 2.45) is 7.05 Å². The van der Waals surface area contributed by atoms with Gasteiger partial charge in [-0.15, -0.1) is 11.3 Å². The quantitative estimate of drug-likeness (QED) is 0.856. The molecule has 0 atom stereocenters. The van der Waals surface area contributed by atoms with Crippen molar-refractivity contribution in [1.82, 2.24) is 14.3 Å². The molecule has 2 aromatic heterocycles. The highest BCUT2D eigenvalue weighted by atomic mass is 32.2. The van der Waals surface area contributed by atoms with Crippen molar-refractivity contribution in [3.8, 4) is 0 Å². The van der Waals surface area contributed by atoms with E-state index in [0.717, 1.165) is 11.3 Å². The fraction of sp³-hybridized carbons (Fsp3) is 0.273. The molecule has 0 radical (unpaired) electrons. The maximum Gasteiger partial charge on any atom is 0.347 e. The van der Waals surface area contributed by atoms with E-state index in [0.29, 0.717) is 10.7 Å². The van der Waals surface area contributed by atoms with E-state index < -0.39 is 16.0 Å². The Morgan fingerprint density at radius 3 is 2.75 bits per heavy atom. The van der Waals surface area contributed by atoms with Gasteiger partial charge in [0.1, 0.15) is 9.88 Å². The van der Waals surface area contributed by atoms with Crippen LogP contribution in [-0.2, 0) is 23.6 Å². The van der Waals surface area contributed by atoms with Gasteiger partial charge >= 0.3 is 5.97 Å². The maximum absolute atomic E-state index is 12.0. The highest BCUT2D eigenvalue weighted by molar-refractivity contribution is 7.89. The summed E-state index contributed by atoms with van der Waals surface area (Å²) in [6.07, 6.45) is 3.11. The third-order valence-electron chi connectivity index (χ3n) is 2.56. The number of hydrogen-bond donors (Lipinski definition) is 2. The molecule has 2 rings (SSSR count). The summed E-state index contributed by atoms with van der Waals surface area (Å²) >= 11 is 0.966. The Morgan fingerprint density at radius 2 is 2.25 bits per heavy atom. The lowest BCUT2D eigenvalue weighted by molar-refractivity contribution is 0.0701. The van der Waals surface area contributed by atoms with Gasteiger partial charge in [-0.1, -0.05) is 0 Å². The van der Waals surface area contributed by atoms with E-state index in [4.69, 9.17) is 5.11 Å². The minimum Gasteiger partial charge on any atom is -0.477 e. The molecule has 0 amide bonds. The summed E-state index contributed by atoms with van der Waals surface area (Å²) in [5.41, 5.74) is 0.386. The predicted octanol–water partition coefficient (Wildman–Crippen LogP) is 0.967. The lowest BCUT2D eigenvalue weighted by Crippen LogP contribution is -2.22. The van der Waals surface area contributed by atoms with Gasteiger partial charge in [0, 0.05) is 19.4 Å². The number of aromatic nitrogens is 2.